The minimum absolute atomic E-state index is 0.225. The van der Waals surface area contributed by atoms with Gasteiger partial charge < -0.3 is 4.57 Å². The molecule has 0 aliphatic rings. The van der Waals surface area contributed by atoms with E-state index in [9.17, 15) is 4.79 Å². The van der Waals surface area contributed by atoms with Crippen molar-refractivity contribution in [2.24, 2.45) is 12.1 Å². The smallest absolute Gasteiger partial charge is 0.271 e. The second kappa shape index (κ2) is 8.84. The number of aromatic nitrogens is 3. The Morgan fingerprint density at radius 3 is 2.57 bits per heavy atom. The van der Waals surface area contributed by atoms with Gasteiger partial charge >= 0.3 is 0 Å². The third-order valence-corrected chi connectivity index (χ3v) is 5.46. The predicted octanol–water partition coefficient (Wildman–Crippen LogP) is 3.88. The van der Waals surface area contributed by atoms with Gasteiger partial charge in [0.1, 0.15) is 6.33 Å². The van der Waals surface area contributed by atoms with Crippen LogP contribution in [0.1, 0.15) is 39.5 Å². The van der Waals surface area contributed by atoms with Crippen LogP contribution in [0.2, 0.25) is 0 Å². The van der Waals surface area contributed by atoms with Crippen molar-refractivity contribution in [3.05, 3.63) is 76.6 Å². The Labute approximate surface area is 169 Å². The molecule has 3 rings (SSSR count). The van der Waals surface area contributed by atoms with Crippen LogP contribution in [0.15, 0.2) is 59.0 Å². The number of thioether (sulfide) groups is 1. The predicted molar refractivity (Wildman–Crippen MR) is 113 cm³/mol. The second-order valence-electron chi connectivity index (χ2n) is 6.67. The summed E-state index contributed by atoms with van der Waals surface area (Å²) < 4.78 is 1.88. The molecule has 28 heavy (non-hydrogen) atoms. The number of carbonyl (C=O) groups excluding carboxylic acids is 1. The molecule has 2 aromatic carbocycles. The van der Waals surface area contributed by atoms with Crippen molar-refractivity contribution in [1.82, 2.24) is 20.2 Å². The van der Waals surface area contributed by atoms with Gasteiger partial charge in [-0.05, 0) is 44.0 Å². The fraction of sp³-hybridized carbons (Fsp3) is 0.238. The van der Waals surface area contributed by atoms with E-state index in [0.717, 1.165) is 33.3 Å². The van der Waals surface area contributed by atoms with Crippen molar-refractivity contribution in [2.75, 3.05) is 0 Å². The number of benzene rings is 2. The highest BCUT2D eigenvalue weighted by molar-refractivity contribution is 7.98. The summed E-state index contributed by atoms with van der Waals surface area (Å²) in [5.74, 6) is 0.537. The van der Waals surface area contributed by atoms with Crippen LogP contribution in [0.25, 0.3) is 0 Å². The van der Waals surface area contributed by atoms with Gasteiger partial charge in [0, 0.05) is 23.9 Å². The lowest BCUT2D eigenvalue weighted by Gasteiger charge is -2.07. The largest absolute Gasteiger partial charge is 0.312 e. The lowest BCUT2D eigenvalue weighted by molar-refractivity contribution is 0.0955. The Kier molecular flexibility index (Phi) is 6.26. The van der Waals surface area contributed by atoms with Crippen molar-refractivity contribution < 1.29 is 4.79 Å². The summed E-state index contributed by atoms with van der Waals surface area (Å²) in [4.78, 5) is 12.4. The molecule has 0 bridgehead atoms. The quantitative estimate of drug-likeness (QED) is 0.392. The highest BCUT2D eigenvalue weighted by atomic mass is 32.2. The number of carbonyl (C=O) groups is 1. The van der Waals surface area contributed by atoms with Gasteiger partial charge in [-0.25, -0.2) is 5.43 Å². The van der Waals surface area contributed by atoms with Crippen LogP contribution in [0.5, 0.6) is 0 Å². The molecule has 0 atom stereocenters. The molecule has 0 spiro atoms. The van der Waals surface area contributed by atoms with Crippen LogP contribution in [0.4, 0.5) is 0 Å². The van der Waals surface area contributed by atoms with Gasteiger partial charge in [0.05, 0.1) is 5.71 Å². The Morgan fingerprint density at radius 1 is 1.18 bits per heavy atom. The van der Waals surface area contributed by atoms with Gasteiger partial charge in [-0.3, -0.25) is 4.79 Å². The molecule has 3 aromatic rings. The van der Waals surface area contributed by atoms with Crippen molar-refractivity contribution in [2.45, 2.75) is 31.7 Å². The first-order chi connectivity index (χ1) is 13.4. The standard InChI is InChI=1S/C21H23N5OS/c1-14-5-10-19(15(2)11-14)16(3)23-24-20(27)18-8-6-17(7-9-18)12-28-21-25-22-13-26(21)4/h5-11,13H,12H2,1-4H3,(H,24,27)/b23-16-. The molecule has 144 valence electrons. The minimum atomic E-state index is -0.225. The highest BCUT2D eigenvalue weighted by Crippen LogP contribution is 2.20. The lowest BCUT2D eigenvalue weighted by Crippen LogP contribution is -2.19. The number of amides is 1. The average molecular weight is 394 g/mol. The van der Waals surface area contributed by atoms with Crippen LogP contribution in [0.3, 0.4) is 0 Å². The molecule has 1 amide bonds. The van der Waals surface area contributed by atoms with E-state index in [0.29, 0.717) is 5.56 Å². The van der Waals surface area contributed by atoms with E-state index in [1.807, 2.05) is 61.9 Å². The number of nitrogens with one attached hydrogen (secondary N) is 1. The number of hydrazone groups is 1. The van der Waals surface area contributed by atoms with E-state index in [1.54, 1.807) is 18.1 Å². The minimum Gasteiger partial charge on any atom is -0.312 e. The maximum atomic E-state index is 12.4. The van der Waals surface area contributed by atoms with Gasteiger partial charge in [-0.15, -0.1) is 10.2 Å². The van der Waals surface area contributed by atoms with E-state index < -0.39 is 0 Å². The monoisotopic (exact) mass is 393 g/mol. The maximum Gasteiger partial charge on any atom is 0.271 e. The lowest BCUT2D eigenvalue weighted by atomic mass is 10.0. The fourth-order valence-electron chi connectivity index (χ4n) is 2.78. The molecule has 0 aliphatic carbocycles. The fourth-order valence-corrected chi connectivity index (χ4v) is 3.63. The number of hydrogen-bond acceptors (Lipinski definition) is 5. The zero-order valence-electron chi connectivity index (χ0n) is 16.4. The molecule has 0 fully saturated rings. The van der Waals surface area contributed by atoms with E-state index in [-0.39, 0.29) is 5.91 Å². The number of hydrogen-bond donors (Lipinski definition) is 1. The van der Waals surface area contributed by atoms with E-state index >= 15 is 0 Å². The average Bonchev–Trinajstić information content (AvgIpc) is 3.09. The first-order valence-electron chi connectivity index (χ1n) is 8.92. The summed E-state index contributed by atoms with van der Waals surface area (Å²) in [5, 5.41) is 13.0. The third-order valence-electron chi connectivity index (χ3n) is 4.35. The summed E-state index contributed by atoms with van der Waals surface area (Å²) in [6.07, 6.45) is 1.68. The molecule has 0 saturated carbocycles. The third kappa shape index (κ3) is 4.86. The number of aryl methyl sites for hydroxylation is 3. The van der Waals surface area contributed by atoms with E-state index in [1.165, 1.54) is 5.56 Å². The molecule has 7 heteroatoms. The molecule has 1 heterocycles. The van der Waals surface area contributed by atoms with Gasteiger partial charge in [0.25, 0.3) is 5.91 Å². The Morgan fingerprint density at radius 2 is 1.93 bits per heavy atom. The SMILES string of the molecule is C/C(=N/NC(=O)c1ccc(CSc2nncn2C)cc1)c1ccc(C)cc1C. The van der Waals surface area contributed by atoms with Crippen molar-refractivity contribution in [3.63, 3.8) is 0 Å². The van der Waals surface area contributed by atoms with Crippen LogP contribution in [0, 0.1) is 13.8 Å². The van der Waals surface area contributed by atoms with Crippen LogP contribution in [-0.4, -0.2) is 26.4 Å². The molecule has 6 nitrogen and oxygen atoms in total. The summed E-state index contributed by atoms with van der Waals surface area (Å²) in [6.45, 7) is 5.99. The maximum absolute atomic E-state index is 12.4. The summed E-state index contributed by atoms with van der Waals surface area (Å²) in [6, 6.07) is 13.7. The van der Waals surface area contributed by atoms with Gasteiger partial charge in [0.15, 0.2) is 5.16 Å². The van der Waals surface area contributed by atoms with Crippen LogP contribution < -0.4 is 5.43 Å². The zero-order chi connectivity index (χ0) is 20.1. The van der Waals surface area contributed by atoms with Gasteiger partial charge in [0.2, 0.25) is 0 Å². The topological polar surface area (TPSA) is 72.2 Å². The van der Waals surface area contributed by atoms with Crippen molar-refractivity contribution in [1.29, 1.82) is 0 Å². The van der Waals surface area contributed by atoms with Gasteiger partial charge in [-0.2, -0.15) is 5.10 Å². The number of nitrogens with zero attached hydrogens (tertiary/aromatic N) is 4. The summed E-state index contributed by atoms with van der Waals surface area (Å²) in [7, 11) is 1.91. The zero-order valence-corrected chi connectivity index (χ0v) is 17.2. The summed E-state index contributed by atoms with van der Waals surface area (Å²) in [5.41, 5.74) is 8.48. The normalized spacial score (nSPS) is 11.5. The Bertz CT molecular complexity index is 1010. The molecular weight excluding hydrogens is 370 g/mol. The number of rotatable bonds is 6. The molecule has 0 radical (unpaired) electrons. The Hall–Kier alpha value is -2.93. The van der Waals surface area contributed by atoms with Crippen LogP contribution in [-0.2, 0) is 12.8 Å². The van der Waals surface area contributed by atoms with Gasteiger partial charge in [-0.1, -0.05) is 47.7 Å². The van der Waals surface area contributed by atoms with Crippen molar-refractivity contribution >= 4 is 23.4 Å². The molecule has 1 N–H and O–H groups in total. The molecular formula is C21H23N5OS. The molecule has 0 saturated heterocycles. The Balaban J connectivity index is 1.60. The molecule has 0 unspecified atom stereocenters. The first-order valence-corrected chi connectivity index (χ1v) is 9.90. The summed E-state index contributed by atoms with van der Waals surface area (Å²) >= 11 is 1.60. The molecule has 0 aliphatic heterocycles. The highest BCUT2D eigenvalue weighted by Gasteiger charge is 2.07. The van der Waals surface area contributed by atoms with E-state index in [2.05, 4.69) is 33.7 Å². The second-order valence-corrected chi connectivity index (χ2v) is 7.61. The van der Waals surface area contributed by atoms with E-state index in [4.69, 9.17) is 0 Å². The van der Waals surface area contributed by atoms with Crippen LogP contribution >= 0.6 is 11.8 Å². The molecule has 1 aromatic heterocycles. The first kappa shape index (κ1) is 19.8. The van der Waals surface area contributed by atoms with Crippen molar-refractivity contribution in [3.8, 4) is 0 Å².